The minimum absolute atomic E-state index is 0.252. The van der Waals surface area contributed by atoms with Gasteiger partial charge in [-0.1, -0.05) is 0 Å². The van der Waals surface area contributed by atoms with E-state index < -0.39 is 0 Å². The van der Waals surface area contributed by atoms with E-state index in [4.69, 9.17) is 14.5 Å². The van der Waals surface area contributed by atoms with Crippen LogP contribution in [0.5, 0.6) is 0 Å². The Hall–Kier alpha value is -1.04. The van der Waals surface area contributed by atoms with Gasteiger partial charge in [0, 0.05) is 56.2 Å². The summed E-state index contributed by atoms with van der Waals surface area (Å²) in [5.74, 6) is 0.798. The van der Waals surface area contributed by atoms with Crippen molar-refractivity contribution >= 4 is 0 Å². The molecule has 0 radical (unpaired) electrons. The molecule has 112 valence electrons. The number of nitrogens with one attached hydrogen (secondary N) is 1. The van der Waals surface area contributed by atoms with Crippen LogP contribution in [-0.4, -0.2) is 36.8 Å². The molecule has 5 heteroatoms. The predicted octanol–water partition coefficient (Wildman–Crippen LogP) is 2.11. The molecule has 0 aliphatic carbocycles. The maximum Gasteiger partial charge on any atom is 0.160 e. The van der Waals surface area contributed by atoms with Gasteiger partial charge >= 0.3 is 0 Å². The third-order valence-corrected chi connectivity index (χ3v) is 4.05. The molecule has 0 aromatic carbocycles. The molecule has 1 aliphatic rings. The quantitative estimate of drug-likeness (QED) is 0.894. The molecular weight excluding hydrogens is 254 g/mol. The lowest BCUT2D eigenvalue weighted by molar-refractivity contribution is -0.118. The highest BCUT2D eigenvalue weighted by molar-refractivity contribution is 5.21. The summed E-state index contributed by atoms with van der Waals surface area (Å²) in [7, 11) is 1.94. The Morgan fingerprint density at radius 2 is 2.15 bits per heavy atom. The molecule has 1 aromatic heterocycles. The van der Waals surface area contributed by atoms with Gasteiger partial charge < -0.3 is 14.8 Å². The van der Waals surface area contributed by atoms with Crippen molar-refractivity contribution < 1.29 is 9.47 Å². The number of hydrogen-bond acceptors (Lipinski definition) is 5. The SMILES string of the molecule is CCOC1(c2ncc(C(C)NC)c(C)n2)CCOCC1. The largest absolute Gasteiger partial charge is 0.381 e. The molecule has 0 saturated carbocycles. The molecule has 1 saturated heterocycles. The summed E-state index contributed by atoms with van der Waals surface area (Å²) in [4.78, 5) is 9.32. The third-order valence-electron chi connectivity index (χ3n) is 4.05. The summed E-state index contributed by atoms with van der Waals surface area (Å²) in [5, 5.41) is 3.22. The molecular formula is C15H25N3O2. The lowest BCUT2D eigenvalue weighted by Gasteiger charge is -2.35. The molecule has 0 spiro atoms. The van der Waals surface area contributed by atoms with Crippen LogP contribution in [-0.2, 0) is 15.1 Å². The van der Waals surface area contributed by atoms with Gasteiger partial charge in [0.05, 0.1) is 0 Å². The van der Waals surface area contributed by atoms with Gasteiger partial charge in [0.1, 0.15) is 5.60 Å². The predicted molar refractivity (Wildman–Crippen MR) is 77.6 cm³/mol. The van der Waals surface area contributed by atoms with Crippen molar-refractivity contribution in [3.63, 3.8) is 0 Å². The highest BCUT2D eigenvalue weighted by atomic mass is 16.5. The molecule has 1 fully saturated rings. The number of aromatic nitrogens is 2. The Bertz CT molecular complexity index is 439. The fourth-order valence-corrected chi connectivity index (χ4v) is 2.69. The van der Waals surface area contributed by atoms with Crippen LogP contribution < -0.4 is 5.32 Å². The van der Waals surface area contributed by atoms with E-state index in [1.54, 1.807) is 0 Å². The van der Waals surface area contributed by atoms with E-state index >= 15 is 0 Å². The lowest BCUT2D eigenvalue weighted by Crippen LogP contribution is -2.38. The van der Waals surface area contributed by atoms with Gasteiger partial charge in [-0.3, -0.25) is 0 Å². The van der Waals surface area contributed by atoms with Crippen LogP contribution in [0, 0.1) is 6.92 Å². The van der Waals surface area contributed by atoms with Crippen LogP contribution >= 0.6 is 0 Å². The zero-order valence-electron chi connectivity index (χ0n) is 12.9. The lowest BCUT2D eigenvalue weighted by atomic mass is 9.92. The van der Waals surface area contributed by atoms with Crippen LogP contribution in [0.4, 0.5) is 0 Å². The minimum Gasteiger partial charge on any atom is -0.381 e. The van der Waals surface area contributed by atoms with Crippen LogP contribution in [0.2, 0.25) is 0 Å². The molecule has 1 N–H and O–H groups in total. The smallest absolute Gasteiger partial charge is 0.160 e. The first-order valence-electron chi connectivity index (χ1n) is 7.36. The van der Waals surface area contributed by atoms with Gasteiger partial charge in [0.2, 0.25) is 0 Å². The highest BCUT2D eigenvalue weighted by Crippen LogP contribution is 2.34. The van der Waals surface area contributed by atoms with Crippen molar-refractivity contribution in [2.75, 3.05) is 26.9 Å². The zero-order chi connectivity index (χ0) is 14.6. The summed E-state index contributed by atoms with van der Waals surface area (Å²) < 4.78 is 11.5. The van der Waals surface area contributed by atoms with Crippen molar-refractivity contribution in [3.05, 3.63) is 23.3 Å². The Kier molecular flexibility index (Phi) is 5.07. The maximum absolute atomic E-state index is 6.02. The maximum atomic E-state index is 6.02. The first-order valence-corrected chi connectivity index (χ1v) is 7.36. The molecule has 1 unspecified atom stereocenters. The first kappa shape index (κ1) is 15.4. The van der Waals surface area contributed by atoms with Gasteiger partial charge in [-0.15, -0.1) is 0 Å². The van der Waals surface area contributed by atoms with Gasteiger partial charge in [-0.25, -0.2) is 9.97 Å². The molecule has 1 aromatic rings. The van der Waals surface area contributed by atoms with Crippen LogP contribution in [0.3, 0.4) is 0 Å². The summed E-state index contributed by atoms with van der Waals surface area (Å²) in [6.45, 7) is 8.23. The Morgan fingerprint density at radius 3 is 2.70 bits per heavy atom. The van der Waals surface area contributed by atoms with E-state index in [0.29, 0.717) is 19.8 Å². The van der Waals surface area contributed by atoms with Gasteiger partial charge in [-0.2, -0.15) is 0 Å². The Morgan fingerprint density at radius 1 is 1.45 bits per heavy atom. The molecule has 2 rings (SSSR count). The monoisotopic (exact) mass is 279 g/mol. The molecule has 2 heterocycles. The number of rotatable bonds is 5. The van der Waals surface area contributed by atoms with Crippen LogP contribution in [0.15, 0.2) is 6.20 Å². The number of ether oxygens (including phenoxy) is 2. The van der Waals surface area contributed by atoms with Gasteiger partial charge in [0.25, 0.3) is 0 Å². The van der Waals surface area contributed by atoms with Crippen molar-refractivity contribution in [2.24, 2.45) is 0 Å². The van der Waals surface area contributed by atoms with Crippen LogP contribution in [0.25, 0.3) is 0 Å². The average Bonchev–Trinajstić information content (AvgIpc) is 2.47. The molecule has 1 atom stereocenters. The molecule has 1 aliphatic heterocycles. The zero-order valence-corrected chi connectivity index (χ0v) is 12.9. The number of nitrogens with zero attached hydrogens (tertiary/aromatic N) is 2. The Labute approximate surface area is 121 Å². The van der Waals surface area contributed by atoms with E-state index in [-0.39, 0.29) is 11.6 Å². The highest BCUT2D eigenvalue weighted by Gasteiger charge is 2.38. The minimum atomic E-state index is -0.376. The molecule has 0 amide bonds. The van der Waals surface area contributed by atoms with Crippen molar-refractivity contribution in [2.45, 2.75) is 45.3 Å². The van der Waals surface area contributed by atoms with Gasteiger partial charge in [0.15, 0.2) is 5.82 Å². The number of aryl methyl sites for hydroxylation is 1. The second kappa shape index (κ2) is 6.61. The Balaban J connectivity index is 2.32. The van der Waals surface area contributed by atoms with Gasteiger partial charge in [-0.05, 0) is 27.8 Å². The summed E-state index contributed by atoms with van der Waals surface area (Å²) >= 11 is 0. The van der Waals surface area contributed by atoms with E-state index in [2.05, 4.69) is 17.2 Å². The van der Waals surface area contributed by atoms with Crippen molar-refractivity contribution in [1.82, 2.24) is 15.3 Å². The fourth-order valence-electron chi connectivity index (χ4n) is 2.69. The summed E-state index contributed by atoms with van der Waals surface area (Å²) in [6.07, 6.45) is 3.57. The van der Waals surface area contributed by atoms with E-state index in [1.807, 2.05) is 27.1 Å². The molecule has 0 bridgehead atoms. The fraction of sp³-hybridized carbons (Fsp3) is 0.733. The standard InChI is InChI=1S/C15H25N3O2/c1-5-20-15(6-8-19-9-7-15)14-17-10-13(11(2)16-4)12(3)18-14/h10-11,16H,5-9H2,1-4H3. The topological polar surface area (TPSA) is 56.3 Å². The second-order valence-corrected chi connectivity index (χ2v) is 5.28. The third kappa shape index (κ3) is 3.00. The second-order valence-electron chi connectivity index (χ2n) is 5.28. The van der Waals surface area contributed by atoms with Crippen molar-refractivity contribution in [1.29, 1.82) is 0 Å². The van der Waals surface area contributed by atoms with E-state index in [9.17, 15) is 0 Å². The molecule has 20 heavy (non-hydrogen) atoms. The van der Waals surface area contributed by atoms with E-state index in [1.165, 1.54) is 0 Å². The first-order chi connectivity index (χ1) is 9.63. The summed E-state index contributed by atoms with van der Waals surface area (Å²) in [5.41, 5.74) is 1.77. The van der Waals surface area contributed by atoms with Crippen molar-refractivity contribution in [3.8, 4) is 0 Å². The van der Waals surface area contributed by atoms with Crippen LogP contribution in [0.1, 0.15) is 49.8 Å². The normalized spacial score (nSPS) is 19.8. The number of hydrogen-bond donors (Lipinski definition) is 1. The average molecular weight is 279 g/mol. The van der Waals surface area contributed by atoms with E-state index in [0.717, 1.165) is 29.9 Å². The molecule has 5 nitrogen and oxygen atoms in total. The summed E-state index contributed by atoms with van der Waals surface area (Å²) in [6, 6.07) is 0.252.